The zero-order valence-electron chi connectivity index (χ0n) is 15.7. The molecule has 0 unspecified atom stereocenters. The first-order valence-electron chi connectivity index (χ1n) is 8.58. The van der Waals surface area contributed by atoms with E-state index in [9.17, 15) is 14.0 Å². The minimum atomic E-state index is -0.425. The third-order valence-electron chi connectivity index (χ3n) is 3.91. The smallest absolute Gasteiger partial charge is 0.313 e. The van der Waals surface area contributed by atoms with Gasteiger partial charge in [0, 0.05) is 7.05 Å². The number of hydrogen-bond donors (Lipinski definition) is 1. The van der Waals surface area contributed by atoms with Crippen molar-refractivity contribution in [1.29, 1.82) is 0 Å². The largest absolute Gasteiger partial charge is 0.466 e. The van der Waals surface area contributed by atoms with Crippen molar-refractivity contribution in [3.05, 3.63) is 41.5 Å². The molecule has 0 radical (unpaired) electrons. The molecule has 0 aliphatic carbocycles. The fourth-order valence-electron chi connectivity index (χ4n) is 2.32. The zero-order valence-corrected chi connectivity index (χ0v) is 16.5. The van der Waals surface area contributed by atoms with Gasteiger partial charge in [0.05, 0.1) is 17.9 Å². The van der Waals surface area contributed by atoms with E-state index >= 15 is 0 Å². The maximum Gasteiger partial charge on any atom is 0.313 e. The second-order valence-electron chi connectivity index (χ2n) is 5.98. The first kappa shape index (κ1) is 20.9. The number of halogens is 1. The SMILES string of the molecule is CCOC(=O)Cc1nnc(S[C@H](C)C(=O)N[C@@H](C)c2ccc(F)cc2)n1C. The number of carbonyl (C=O) groups is 2. The highest BCUT2D eigenvalue weighted by Gasteiger charge is 2.21. The van der Waals surface area contributed by atoms with Gasteiger partial charge in [-0.05, 0) is 38.5 Å². The standard InChI is InChI=1S/C18H23FN4O3S/c1-5-26-16(24)10-15-21-22-18(23(15)4)27-12(3)17(25)20-11(2)13-6-8-14(19)9-7-13/h6-9,11-12H,5,10H2,1-4H3,(H,20,25)/t11-,12+/m0/s1. The van der Waals surface area contributed by atoms with E-state index in [2.05, 4.69) is 15.5 Å². The number of nitrogens with one attached hydrogen (secondary N) is 1. The molecule has 2 aromatic rings. The summed E-state index contributed by atoms with van der Waals surface area (Å²) in [6.45, 7) is 5.64. The van der Waals surface area contributed by atoms with Gasteiger partial charge in [-0.1, -0.05) is 23.9 Å². The molecule has 1 heterocycles. The molecule has 0 aliphatic rings. The van der Waals surface area contributed by atoms with Crippen molar-refractivity contribution in [2.45, 2.75) is 43.6 Å². The molecule has 1 aromatic carbocycles. The van der Waals surface area contributed by atoms with E-state index in [0.717, 1.165) is 5.56 Å². The number of hydrogen-bond acceptors (Lipinski definition) is 6. The lowest BCUT2D eigenvalue weighted by Crippen LogP contribution is -2.33. The molecule has 0 spiro atoms. The summed E-state index contributed by atoms with van der Waals surface area (Å²) in [5.41, 5.74) is 0.817. The van der Waals surface area contributed by atoms with Gasteiger partial charge in [0.15, 0.2) is 5.16 Å². The van der Waals surface area contributed by atoms with Crippen LogP contribution in [0.2, 0.25) is 0 Å². The van der Waals surface area contributed by atoms with Gasteiger partial charge in [-0.25, -0.2) is 4.39 Å². The van der Waals surface area contributed by atoms with Crippen LogP contribution >= 0.6 is 11.8 Å². The molecule has 2 atom stereocenters. The fourth-order valence-corrected chi connectivity index (χ4v) is 3.16. The van der Waals surface area contributed by atoms with Crippen LogP contribution in [-0.4, -0.2) is 38.5 Å². The van der Waals surface area contributed by atoms with E-state index < -0.39 is 5.25 Å². The van der Waals surface area contributed by atoms with Gasteiger partial charge in [0.2, 0.25) is 5.91 Å². The van der Waals surface area contributed by atoms with Gasteiger partial charge < -0.3 is 14.6 Å². The number of thioether (sulfide) groups is 1. The highest BCUT2D eigenvalue weighted by molar-refractivity contribution is 8.00. The summed E-state index contributed by atoms with van der Waals surface area (Å²) in [7, 11) is 1.74. The number of aromatic nitrogens is 3. The van der Waals surface area contributed by atoms with Gasteiger partial charge >= 0.3 is 5.97 Å². The fraction of sp³-hybridized carbons (Fsp3) is 0.444. The van der Waals surface area contributed by atoms with Crippen molar-refractivity contribution < 1.29 is 18.7 Å². The van der Waals surface area contributed by atoms with Crippen LogP contribution in [0.1, 0.15) is 38.2 Å². The zero-order chi connectivity index (χ0) is 20.0. The molecule has 7 nitrogen and oxygen atoms in total. The number of rotatable bonds is 8. The summed E-state index contributed by atoms with van der Waals surface area (Å²) < 4.78 is 19.6. The minimum absolute atomic E-state index is 0.0279. The van der Waals surface area contributed by atoms with E-state index in [4.69, 9.17) is 4.74 Å². The average molecular weight is 394 g/mol. The molecule has 0 bridgehead atoms. The summed E-state index contributed by atoms with van der Waals surface area (Å²) >= 11 is 1.24. The van der Waals surface area contributed by atoms with Crippen LogP contribution < -0.4 is 5.32 Å². The Kier molecular flexibility index (Phi) is 7.35. The van der Waals surface area contributed by atoms with E-state index in [1.165, 1.54) is 23.9 Å². The lowest BCUT2D eigenvalue weighted by Gasteiger charge is -2.17. The summed E-state index contributed by atoms with van der Waals surface area (Å²) in [6, 6.07) is 5.76. The van der Waals surface area contributed by atoms with Crippen molar-refractivity contribution in [2.24, 2.45) is 7.05 Å². The van der Waals surface area contributed by atoms with Crippen LogP contribution in [0.4, 0.5) is 4.39 Å². The molecule has 1 amide bonds. The topological polar surface area (TPSA) is 86.1 Å². The molecule has 0 aliphatic heterocycles. The van der Waals surface area contributed by atoms with Crippen LogP contribution in [0.3, 0.4) is 0 Å². The molecular formula is C18H23FN4O3S. The highest BCUT2D eigenvalue weighted by Crippen LogP contribution is 2.23. The molecule has 1 aromatic heterocycles. The predicted octanol–water partition coefficient (Wildman–Crippen LogP) is 2.42. The van der Waals surface area contributed by atoms with Crippen molar-refractivity contribution in [2.75, 3.05) is 6.61 Å². The number of amides is 1. The van der Waals surface area contributed by atoms with Crippen LogP contribution in [0.15, 0.2) is 29.4 Å². The maximum atomic E-state index is 13.0. The Hall–Kier alpha value is -2.42. The first-order chi connectivity index (χ1) is 12.8. The third-order valence-corrected chi connectivity index (χ3v) is 5.05. The molecule has 2 rings (SSSR count). The van der Waals surface area contributed by atoms with Crippen LogP contribution in [-0.2, 0) is 27.8 Å². The monoisotopic (exact) mass is 394 g/mol. The van der Waals surface area contributed by atoms with E-state index in [1.807, 2.05) is 6.92 Å². The van der Waals surface area contributed by atoms with Crippen LogP contribution in [0.5, 0.6) is 0 Å². The van der Waals surface area contributed by atoms with Gasteiger partial charge in [0.1, 0.15) is 18.1 Å². The van der Waals surface area contributed by atoms with Gasteiger partial charge in [0.25, 0.3) is 0 Å². The highest BCUT2D eigenvalue weighted by atomic mass is 32.2. The van der Waals surface area contributed by atoms with E-state index in [1.54, 1.807) is 37.6 Å². The number of carbonyl (C=O) groups excluding carboxylic acids is 2. The van der Waals surface area contributed by atoms with Crippen molar-refractivity contribution in [1.82, 2.24) is 20.1 Å². The lowest BCUT2D eigenvalue weighted by molar-refractivity contribution is -0.142. The van der Waals surface area contributed by atoms with Crippen LogP contribution in [0, 0.1) is 5.82 Å². The second-order valence-corrected chi connectivity index (χ2v) is 7.29. The number of benzene rings is 1. The molecular weight excluding hydrogens is 371 g/mol. The van der Waals surface area contributed by atoms with E-state index in [0.29, 0.717) is 17.6 Å². The minimum Gasteiger partial charge on any atom is -0.466 e. The van der Waals surface area contributed by atoms with E-state index in [-0.39, 0.29) is 30.2 Å². The number of ether oxygens (including phenoxy) is 1. The summed E-state index contributed by atoms with van der Waals surface area (Å²) in [6.07, 6.45) is 0.0279. The van der Waals surface area contributed by atoms with Gasteiger partial charge in [-0.2, -0.15) is 0 Å². The second kappa shape index (κ2) is 9.50. The Morgan fingerprint density at radius 2 is 1.93 bits per heavy atom. The molecule has 9 heteroatoms. The molecule has 0 saturated heterocycles. The maximum absolute atomic E-state index is 13.0. The number of nitrogens with zero attached hydrogens (tertiary/aromatic N) is 3. The Labute approximate surface area is 161 Å². The van der Waals surface area contributed by atoms with Crippen molar-refractivity contribution >= 4 is 23.6 Å². The Bertz CT molecular complexity index is 794. The lowest BCUT2D eigenvalue weighted by atomic mass is 10.1. The molecule has 146 valence electrons. The number of esters is 1. The summed E-state index contributed by atoms with van der Waals surface area (Å²) in [5, 5.41) is 11.0. The Balaban J connectivity index is 1.95. The van der Waals surface area contributed by atoms with Crippen LogP contribution in [0.25, 0.3) is 0 Å². The summed E-state index contributed by atoms with van der Waals surface area (Å²) in [5.74, 6) is -0.388. The molecule has 0 saturated carbocycles. The molecule has 0 fully saturated rings. The quantitative estimate of drug-likeness (QED) is 0.547. The predicted molar refractivity (Wildman–Crippen MR) is 99.6 cm³/mol. The van der Waals surface area contributed by atoms with Gasteiger partial charge in [-0.15, -0.1) is 10.2 Å². The average Bonchev–Trinajstić information content (AvgIpc) is 2.95. The molecule has 1 N–H and O–H groups in total. The van der Waals surface area contributed by atoms with Crippen molar-refractivity contribution in [3.8, 4) is 0 Å². The summed E-state index contributed by atoms with van der Waals surface area (Å²) in [4.78, 5) is 24.0. The van der Waals surface area contributed by atoms with Crippen molar-refractivity contribution in [3.63, 3.8) is 0 Å². The Morgan fingerprint density at radius 1 is 1.26 bits per heavy atom. The Morgan fingerprint density at radius 3 is 2.56 bits per heavy atom. The van der Waals surface area contributed by atoms with Gasteiger partial charge in [-0.3, -0.25) is 9.59 Å². The normalized spacial score (nSPS) is 13.1. The first-order valence-corrected chi connectivity index (χ1v) is 9.46. The third kappa shape index (κ3) is 5.78. The molecule has 27 heavy (non-hydrogen) atoms.